The second kappa shape index (κ2) is 6.14. The summed E-state index contributed by atoms with van der Waals surface area (Å²) < 4.78 is 5.20. The van der Waals surface area contributed by atoms with Crippen molar-refractivity contribution in [2.75, 3.05) is 19.8 Å². The van der Waals surface area contributed by atoms with Gasteiger partial charge in [0.05, 0.1) is 11.6 Å². The average molecular weight is 264 g/mol. The molecule has 1 atom stereocenters. The van der Waals surface area contributed by atoms with Gasteiger partial charge in [0.15, 0.2) is 0 Å². The Kier molecular flexibility index (Phi) is 4.52. The highest BCUT2D eigenvalue weighted by Gasteiger charge is 2.35. The first-order chi connectivity index (χ1) is 9.12. The van der Waals surface area contributed by atoms with E-state index in [-0.39, 0.29) is 12.5 Å². The number of aliphatic hydroxyl groups excluding tert-OH is 1. The smallest absolute Gasteiger partial charge is 0.240 e. The van der Waals surface area contributed by atoms with E-state index < -0.39 is 11.6 Å². The third-order valence-electron chi connectivity index (χ3n) is 3.48. The topological polar surface area (TPSA) is 84.6 Å². The molecule has 0 aliphatic carbocycles. The highest BCUT2D eigenvalue weighted by molar-refractivity contribution is 5.86. The number of ether oxygens (including phenoxy) is 1. The first-order valence-corrected chi connectivity index (χ1v) is 6.50. The van der Waals surface area contributed by atoms with Gasteiger partial charge in [-0.05, 0) is 18.4 Å². The Morgan fingerprint density at radius 3 is 2.63 bits per heavy atom. The number of rotatable bonds is 4. The van der Waals surface area contributed by atoms with Crippen LogP contribution >= 0.6 is 0 Å². The van der Waals surface area contributed by atoms with Crippen LogP contribution in [-0.4, -0.2) is 36.3 Å². The van der Waals surface area contributed by atoms with Gasteiger partial charge in [0.2, 0.25) is 5.91 Å². The Morgan fingerprint density at radius 2 is 2.00 bits per heavy atom. The van der Waals surface area contributed by atoms with Gasteiger partial charge in [-0.15, -0.1) is 0 Å². The van der Waals surface area contributed by atoms with E-state index in [4.69, 9.17) is 10.5 Å². The molecule has 1 saturated heterocycles. The Morgan fingerprint density at radius 1 is 1.37 bits per heavy atom. The molecular formula is C14H20N2O3. The van der Waals surface area contributed by atoms with Crippen molar-refractivity contribution in [1.29, 1.82) is 0 Å². The van der Waals surface area contributed by atoms with E-state index >= 15 is 0 Å². The standard InChI is InChI=1S/C14H20N2O3/c15-14(6-8-19-9-7-14)13(18)16-10-12(17)11-4-2-1-3-5-11/h1-5,12,17H,6-10,15H2,(H,16,18). The number of carbonyl (C=O) groups excluding carboxylic acids is 1. The van der Waals surface area contributed by atoms with E-state index in [9.17, 15) is 9.90 Å². The van der Waals surface area contributed by atoms with Crippen molar-refractivity contribution in [3.05, 3.63) is 35.9 Å². The van der Waals surface area contributed by atoms with Gasteiger partial charge < -0.3 is 20.9 Å². The molecule has 4 N–H and O–H groups in total. The monoisotopic (exact) mass is 264 g/mol. The molecule has 1 aromatic carbocycles. The van der Waals surface area contributed by atoms with Crippen molar-refractivity contribution in [3.8, 4) is 0 Å². The van der Waals surface area contributed by atoms with Gasteiger partial charge in [0.25, 0.3) is 0 Å². The van der Waals surface area contributed by atoms with Crippen LogP contribution in [0.15, 0.2) is 30.3 Å². The minimum atomic E-state index is -0.866. The molecule has 19 heavy (non-hydrogen) atoms. The Balaban J connectivity index is 1.86. The fourth-order valence-corrected chi connectivity index (χ4v) is 2.12. The first-order valence-electron chi connectivity index (χ1n) is 6.50. The lowest BCUT2D eigenvalue weighted by Gasteiger charge is -2.32. The molecule has 2 rings (SSSR count). The number of amides is 1. The van der Waals surface area contributed by atoms with Crippen molar-refractivity contribution < 1.29 is 14.6 Å². The Hall–Kier alpha value is -1.43. The Bertz CT molecular complexity index is 416. The number of carbonyl (C=O) groups is 1. The predicted molar refractivity (Wildman–Crippen MR) is 71.4 cm³/mol. The van der Waals surface area contributed by atoms with Crippen LogP contribution in [0.25, 0.3) is 0 Å². The Labute approximate surface area is 112 Å². The van der Waals surface area contributed by atoms with Crippen LogP contribution < -0.4 is 11.1 Å². The predicted octanol–water partition coefficient (Wildman–Crippen LogP) is 0.344. The molecule has 0 aromatic heterocycles. The lowest BCUT2D eigenvalue weighted by molar-refractivity contribution is -0.130. The van der Waals surface area contributed by atoms with E-state index in [2.05, 4.69) is 5.32 Å². The second-order valence-corrected chi connectivity index (χ2v) is 4.91. The minimum Gasteiger partial charge on any atom is -0.387 e. The maximum Gasteiger partial charge on any atom is 0.240 e. The molecule has 1 amide bonds. The zero-order valence-electron chi connectivity index (χ0n) is 10.8. The van der Waals surface area contributed by atoms with Gasteiger partial charge >= 0.3 is 0 Å². The van der Waals surface area contributed by atoms with Gasteiger partial charge in [-0.3, -0.25) is 4.79 Å². The third-order valence-corrected chi connectivity index (χ3v) is 3.48. The van der Waals surface area contributed by atoms with Crippen LogP contribution in [0.3, 0.4) is 0 Å². The maximum atomic E-state index is 12.1. The fraction of sp³-hybridized carbons (Fsp3) is 0.500. The number of benzene rings is 1. The summed E-state index contributed by atoms with van der Waals surface area (Å²) >= 11 is 0. The van der Waals surface area contributed by atoms with Crippen molar-refractivity contribution in [1.82, 2.24) is 5.32 Å². The minimum absolute atomic E-state index is 0.169. The zero-order valence-corrected chi connectivity index (χ0v) is 10.8. The van der Waals surface area contributed by atoms with E-state index in [1.165, 1.54) is 0 Å². The average Bonchev–Trinajstić information content (AvgIpc) is 2.46. The lowest BCUT2D eigenvalue weighted by Crippen LogP contribution is -2.57. The molecule has 1 fully saturated rings. The summed E-state index contributed by atoms with van der Waals surface area (Å²) in [6.07, 6.45) is 0.314. The molecule has 1 aliphatic heterocycles. The summed E-state index contributed by atoms with van der Waals surface area (Å²) in [4.78, 5) is 12.1. The number of nitrogens with one attached hydrogen (secondary N) is 1. The van der Waals surface area contributed by atoms with Gasteiger partial charge in [0.1, 0.15) is 0 Å². The van der Waals surface area contributed by atoms with Crippen LogP contribution in [0.5, 0.6) is 0 Å². The molecule has 5 nitrogen and oxygen atoms in total. The second-order valence-electron chi connectivity index (χ2n) is 4.91. The summed E-state index contributed by atoms with van der Waals surface area (Å²) in [6.45, 7) is 1.18. The fourth-order valence-electron chi connectivity index (χ4n) is 2.12. The van der Waals surface area contributed by atoms with E-state index in [0.717, 1.165) is 5.56 Å². The summed E-state index contributed by atoms with van der Waals surface area (Å²) in [7, 11) is 0. The van der Waals surface area contributed by atoms with Crippen LogP contribution in [0, 0.1) is 0 Å². The highest BCUT2D eigenvalue weighted by atomic mass is 16.5. The summed E-state index contributed by atoms with van der Waals surface area (Å²) in [5.74, 6) is -0.217. The normalized spacial score (nSPS) is 19.7. The quantitative estimate of drug-likeness (QED) is 0.732. The van der Waals surface area contributed by atoms with Crippen molar-refractivity contribution in [3.63, 3.8) is 0 Å². The molecule has 0 radical (unpaired) electrons. The van der Waals surface area contributed by atoms with E-state index in [1.807, 2.05) is 30.3 Å². The third kappa shape index (κ3) is 3.53. The highest BCUT2D eigenvalue weighted by Crippen LogP contribution is 2.18. The van der Waals surface area contributed by atoms with Crippen LogP contribution in [0.1, 0.15) is 24.5 Å². The molecule has 1 heterocycles. The van der Waals surface area contributed by atoms with Gasteiger partial charge in [-0.1, -0.05) is 30.3 Å². The molecule has 1 aliphatic rings. The summed E-state index contributed by atoms with van der Waals surface area (Å²) in [5.41, 5.74) is 5.97. The van der Waals surface area contributed by atoms with Gasteiger partial charge in [0, 0.05) is 19.8 Å². The van der Waals surface area contributed by atoms with Crippen molar-refractivity contribution in [2.45, 2.75) is 24.5 Å². The maximum absolute atomic E-state index is 12.1. The van der Waals surface area contributed by atoms with E-state index in [1.54, 1.807) is 0 Å². The number of hydrogen-bond donors (Lipinski definition) is 3. The molecular weight excluding hydrogens is 244 g/mol. The largest absolute Gasteiger partial charge is 0.387 e. The lowest BCUT2D eigenvalue weighted by atomic mass is 9.90. The molecule has 1 unspecified atom stereocenters. The molecule has 0 spiro atoms. The molecule has 1 aromatic rings. The van der Waals surface area contributed by atoms with Gasteiger partial charge in [-0.2, -0.15) is 0 Å². The summed E-state index contributed by atoms with van der Waals surface area (Å²) in [5, 5.41) is 12.7. The summed E-state index contributed by atoms with van der Waals surface area (Å²) in [6, 6.07) is 9.23. The van der Waals surface area contributed by atoms with Crippen molar-refractivity contribution in [2.24, 2.45) is 5.73 Å². The molecule has 104 valence electrons. The van der Waals surface area contributed by atoms with Gasteiger partial charge in [-0.25, -0.2) is 0 Å². The van der Waals surface area contributed by atoms with Crippen molar-refractivity contribution >= 4 is 5.91 Å². The number of hydrogen-bond acceptors (Lipinski definition) is 4. The SMILES string of the molecule is NC1(C(=O)NCC(O)c2ccccc2)CCOCC1. The molecule has 5 heteroatoms. The molecule has 0 saturated carbocycles. The number of nitrogens with two attached hydrogens (primary N) is 1. The molecule has 0 bridgehead atoms. The number of aliphatic hydroxyl groups is 1. The first kappa shape index (κ1) is 14.0. The van der Waals surface area contributed by atoms with Crippen LogP contribution in [-0.2, 0) is 9.53 Å². The van der Waals surface area contributed by atoms with Crippen LogP contribution in [0.4, 0.5) is 0 Å². The van der Waals surface area contributed by atoms with E-state index in [0.29, 0.717) is 26.1 Å². The van der Waals surface area contributed by atoms with Crippen LogP contribution in [0.2, 0.25) is 0 Å². The zero-order chi connectivity index (χ0) is 13.7.